The fourth-order valence-corrected chi connectivity index (χ4v) is 1.94. The molecular formula is C13H11ClF4N2. The average molecular weight is 307 g/mol. The molecule has 2 aromatic rings. The van der Waals surface area contributed by atoms with Gasteiger partial charge in [0.25, 0.3) is 0 Å². The fourth-order valence-electron chi connectivity index (χ4n) is 1.77. The Bertz CT molecular complexity index is 640. The molecule has 0 atom stereocenters. The predicted octanol–water partition coefficient (Wildman–Crippen LogP) is 4.87. The van der Waals surface area contributed by atoms with Gasteiger partial charge in [-0.3, -0.25) is 0 Å². The third-order valence-corrected chi connectivity index (χ3v) is 3.00. The number of pyridine rings is 1. The Morgan fingerprint density at radius 3 is 2.55 bits per heavy atom. The molecule has 0 bridgehead atoms. The van der Waals surface area contributed by atoms with Gasteiger partial charge in [0.2, 0.25) is 0 Å². The van der Waals surface area contributed by atoms with E-state index in [1.165, 1.54) is 6.07 Å². The van der Waals surface area contributed by atoms with Gasteiger partial charge in [-0.2, -0.15) is 13.2 Å². The van der Waals surface area contributed by atoms with E-state index in [1.807, 2.05) is 6.92 Å². The van der Waals surface area contributed by atoms with E-state index in [9.17, 15) is 17.6 Å². The highest BCUT2D eigenvalue weighted by molar-refractivity contribution is 6.31. The molecule has 1 aromatic carbocycles. The Kier molecular flexibility index (Phi) is 4.04. The van der Waals surface area contributed by atoms with Gasteiger partial charge in [-0.25, -0.2) is 9.37 Å². The zero-order valence-corrected chi connectivity index (χ0v) is 11.2. The van der Waals surface area contributed by atoms with Crippen molar-refractivity contribution in [2.24, 2.45) is 0 Å². The van der Waals surface area contributed by atoms with Crippen molar-refractivity contribution in [1.29, 1.82) is 0 Å². The number of rotatable bonds is 3. The second-order valence-electron chi connectivity index (χ2n) is 4.26. The van der Waals surface area contributed by atoms with Crippen LogP contribution < -0.4 is 5.32 Å². The van der Waals surface area contributed by atoms with Crippen LogP contribution in [-0.4, -0.2) is 11.5 Å². The van der Waals surface area contributed by atoms with Crippen molar-refractivity contribution in [3.05, 3.63) is 34.7 Å². The Morgan fingerprint density at radius 1 is 1.25 bits per heavy atom. The summed E-state index contributed by atoms with van der Waals surface area (Å²) in [6.45, 7) is 2.37. The number of aromatic nitrogens is 1. The first-order valence-corrected chi connectivity index (χ1v) is 6.31. The molecule has 0 fully saturated rings. The summed E-state index contributed by atoms with van der Waals surface area (Å²) < 4.78 is 51.8. The highest BCUT2D eigenvalue weighted by Gasteiger charge is 2.33. The molecule has 2 rings (SSSR count). The maximum Gasteiger partial charge on any atom is 0.433 e. The van der Waals surface area contributed by atoms with E-state index in [1.54, 1.807) is 0 Å². The third-order valence-electron chi connectivity index (χ3n) is 2.71. The normalized spacial score (nSPS) is 11.9. The lowest BCUT2D eigenvalue weighted by atomic mass is 10.1. The summed E-state index contributed by atoms with van der Waals surface area (Å²) in [4.78, 5) is 3.45. The number of hydrogen-bond acceptors (Lipinski definition) is 2. The van der Waals surface area contributed by atoms with Crippen LogP contribution >= 0.6 is 11.6 Å². The molecule has 0 saturated heterocycles. The van der Waals surface area contributed by atoms with Crippen molar-refractivity contribution in [3.63, 3.8) is 0 Å². The van der Waals surface area contributed by atoms with Crippen LogP contribution in [0.1, 0.15) is 19.0 Å². The minimum absolute atomic E-state index is 0.0830. The van der Waals surface area contributed by atoms with Crippen LogP contribution in [0.3, 0.4) is 0 Å². The van der Waals surface area contributed by atoms with E-state index >= 15 is 0 Å². The molecule has 20 heavy (non-hydrogen) atoms. The second-order valence-corrected chi connectivity index (χ2v) is 4.67. The minimum atomic E-state index is -4.59. The molecule has 0 unspecified atom stereocenters. The Morgan fingerprint density at radius 2 is 1.95 bits per heavy atom. The number of nitrogens with one attached hydrogen (secondary N) is 1. The molecule has 0 aliphatic heterocycles. The van der Waals surface area contributed by atoms with Crippen LogP contribution in [0, 0.1) is 5.82 Å². The number of anilines is 1. The summed E-state index contributed by atoms with van der Waals surface area (Å²) in [5.74, 6) is -0.799. The van der Waals surface area contributed by atoms with Crippen LogP contribution in [0.25, 0.3) is 10.9 Å². The van der Waals surface area contributed by atoms with Crippen molar-refractivity contribution in [3.8, 4) is 0 Å². The molecule has 1 N–H and O–H groups in total. The highest BCUT2D eigenvalue weighted by Crippen LogP contribution is 2.34. The summed E-state index contributed by atoms with van der Waals surface area (Å²) in [6, 6.07) is 3.09. The monoisotopic (exact) mass is 306 g/mol. The van der Waals surface area contributed by atoms with Crippen LogP contribution in [0.4, 0.5) is 23.2 Å². The Balaban J connectivity index is 2.68. The summed E-state index contributed by atoms with van der Waals surface area (Å²) in [6.07, 6.45) is -3.85. The maximum atomic E-state index is 13.4. The number of nitrogens with zero attached hydrogens (tertiary/aromatic N) is 1. The summed E-state index contributed by atoms with van der Waals surface area (Å²) in [5, 5.41) is 3.08. The molecule has 0 saturated carbocycles. The molecule has 1 heterocycles. The van der Waals surface area contributed by atoms with Crippen molar-refractivity contribution in [2.75, 3.05) is 11.9 Å². The molecule has 0 amide bonds. The van der Waals surface area contributed by atoms with Crippen LogP contribution in [0.5, 0.6) is 0 Å². The van der Waals surface area contributed by atoms with E-state index < -0.39 is 17.7 Å². The smallest absolute Gasteiger partial charge is 0.384 e. The first kappa shape index (κ1) is 14.8. The standard InChI is InChI=1S/C13H11ClF4N2/c1-2-3-19-10-6-12(13(16,17)18)20-11-5-9(15)8(14)4-7(10)11/h4-6H,2-3H2,1H3,(H,19,20). The molecular weight excluding hydrogens is 296 g/mol. The average Bonchev–Trinajstić information content (AvgIpc) is 2.36. The van der Waals surface area contributed by atoms with Gasteiger partial charge in [0, 0.05) is 23.7 Å². The molecule has 0 aliphatic rings. The Labute approximate surface area is 117 Å². The number of alkyl halides is 3. The fraction of sp³-hybridized carbons (Fsp3) is 0.308. The third kappa shape index (κ3) is 2.95. The van der Waals surface area contributed by atoms with E-state index in [0.717, 1.165) is 18.6 Å². The molecule has 1 aromatic heterocycles. The lowest BCUT2D eigenvalue weighted by Gasteiger charge is -2.13. The van der Waals surface area contributed by atoms with Crippen LogP contribution in [0.2, 0.25) is 5.02 Å². The largest absolute Gasteiger partial charge is 0.433 e. The van der Waals surface area contributed by atoms with Gasteiger partial charge < -0.3 is 5.32 Å². The predicted molar refractivity (Wildman–Crippen MR) is 70.5 cm³/mol. The zero-order chi connectivity index (χ0) is 14.9. The lowest BCUT2D eigenvalue weighted by molar-refractivity contribution is -0.140. The van der Waals surface area contributed by atoms with Crippen LogP contribution in [-0.2, 0) is 6.18 Å². The zero-order valence-electron chi connectivity index (χ0n) is 10.5. The lowest BCUT2D eigenvalue weighted by Crippen LogP contribution is -2.10. The number of halogens is 5. The number of hydrogen-bond donors (Lipinski definition) is 1. The molecule has 108 valence electrons. The molecule has 7 heteroatoms. The van der Waals surface area contributed by atoms with Gasteiger partial charge in [0.15, 0.2) is 0 Å². The number of fused-ring (bicyclic) bond motifs is 1. The first-order chi connectivity index (χ1) is 9.32. The van der Waals surface area contributed by atoms with Gasteiger partial charge in [0.1, 0.15) is 11.5 Å². The topological polar surface area (TPSA) is 24.9 Å². The SMILES string of the molecule is CCCNc1cc(C(F)(F)F)nc2cc(F)c(Cl)cc12. The van der Waals surface area contributed by atoms with E-state index in [-0.39, 0.29) is 16.2 Å². The summed E-state index contributed by atoms with van der Waals surface area (Å²) >= 11 is 5.67. The van der Waals surface area contributed by atoms with Gasteiger partial charge in [-0.1, -0.05) is 18.5 Å². The maximum absolute atomic E-state index is 13.4. The van der Waals surface area contributed by atoms with Crippen molar-refractivity contribution >= 4 is 28.2 Å². The summed E-state index contributed by atoms with van der Waals surface area (Å²) in [5.41, 5.74) is -0.906. The van der Waals surface area contributed by atoms with E-state index in [4.69, 9.17) is 11.6 Å². The molecule has 2 nitrogen and oxygen atoms in total. The van der Waals surface area contributed by atoms with Gasteiger partial charge in [-0.15, -0.1) is 0 Å². The molecule has 0 aliphatic carbocycles. The summed E-state index contributed by atoms with van der Waals surface area (Å²) in [7, 11) is 0. The quantitative estimate of drug-likeness (QED) is 0.818. The van der Waals surface area contributed by atoms with Gasteiger partial charge in [0.05, 0.1) is 10.5 Å². The second kappa shape index (κ2) is 5.44. The number of benzene rings is 1. The Hall–Kier alpha value is -1.56. The van der Waals surface area contributed by atoms with Crippen molar-refractivity contribution in [2.45, 2.75) is 19.5 Å². The molecule has 0 radical (unpaired) electrons. The minimum Gasteiger partial charge on any atom is -0.384 e. The van der Waals surface area contributed by atoms with Gasteiger partial charge >= 0.3 is 6.18 Å². The van der Waals surface area contributed by atoms with Crippen molar-refractivity contribution < 1.29 is 17.6 Å². The van der Waals surface area contributed by atoms with Gasteiger partial charge in [-0.05, 0) is 18.6 Å². The van der Waals surface area contributed by atoms with E-state index in [0.29, 0.717) is 11.9 Å². The van der Waals surface area contributed by atoms with E-state index in [2.05, 4.69) is 10.3 Å². The molecule has 0 spiro atoms. The van der Waals surface area contributed by atoms with Crippen LogP contribution in [0.15, 0.2) is 18.2 Å². The first-order valence-electron chi connectivity index (χ1n) is 5.93. The van der Waals surface area contributed by atoms with Crippen molar-refractivity contribution in [1.82, 2.24) is 4.98 Å². The highest BCUT2D eigenvalue weighted by atomic mass is 35.5.